The Morgan fingerprint density at radius 3 is 2.48 bits per heavy atom. The van der Waals surface area contributed by atoms with Crippen molar-refractivity contribution in [2.75, 3.05) is 5.32 Å². The van der Waals surface area contributed by atoms with Gasteiger partial charge in [0.15, 0.2) is 0 Å². The number of pyridine rings is 1. The second-order valence-electron chi connectivity index (χ2n) is 6.24. The summed E-state index contributed by atoms with van der Waals surface area (Å²) in [4.78, 5) is 8.70. The third-order valence-electron chi connectivity index (χ3n) is 4.13. The minimum Gasteiger partial charge on any atom is -0.340 e. The van der Waals surface area contributed by atoms with Crippen molar-refractivity contribution in [3.63, 3.8) is 0 Å². The number of nitrogens with one attached hydrogen (secondary N) is 1. The minimum absolute atomic E-state index is 0.584. The van der Waals surface area contributed by atoms with Crippen molar-refractivity contribution in [3.8, 4) is 16.8 Å². The predicted octanol–water partition coefficient (Wildman–Crippen LogP) is 4.08. The van der Waals surface area contributed by atoms with Gasteiger partial charge in [0.05, 0.1) is 16.9 Å². The van der Waals surface area contributed by atoms with Gasteiger partial charge in [0.25, 0.3) is 0 Å². The molecule has 27 heavy (non-hydrogen) atoms. The topological polar surface area (TPSA) is 73.5 Å². The van der Waals surface area contributed by atoms with Gasteiger partial charge in [0.1, 0.15) is 17.5 Å². The van der Waals surface area contributed by atoms with Crippen molar-refractivity contribution in [1.29, 1.82) is 0 Å². The number of benzene rings is 1. The van der Waals surface area contributed by atoms with Crippen molar-refractivity contribution < 1.29 is 0 Å². The molecule has 3 aromatic heterocycles. The summed E-state index contributed by atoms with van der Waals surface area (Å²) < 4.78 is 3.56. The van der Waals surface area contributed by atoms with E-state index in [1.54, 1.807) is 17.1 Å². The Hall–Kier alpha value is -3.19. The number of halogens is 1. The van der Waals surface area contributed by atoms with E-state index in [4.69, 9.17) is 11.6 Å². The number of aryl methyl sites for hydroxylation is 3. The molecule has 0 radical (unpaired) electrons. The van der Waals surface area contributed by atoms with Gasteiger partial charge >= 0.3 is 0 Å². The van der Waals surface area contributed by atoms with Crippen LogP contribution in [0.5, 0.6) is 0 Å². The molecule has 0 aliphatic rings. The molecule has 0 atom stereocenters. The molecule has 4 rings (SSSR count). The molecular formula is C19H18ClN7. The summed E-state index contributed by atoms with van der Waals surface area (Å²) in [5, 5.41) is 12.5. The molecule has 0 fully saturated rings. The van der Waals surface area contributed by atoms with Gasteiger partial charge in [-0.2, -0.15) is 10.2 Å². The van der Waals surface area contributed by atoms with Gasteiger partial charge in [-0.15, -0.1) is 0 Å². The van der Waals surface area contributed by atoms with E-state index in [-0.39, 0.29) is 0 Å². The largest absolute Gasteiger partial charge is 0.340 e. The molecule has 8 heteroatoms. The lowest BCUT2D eigenvalue weighted by Gasteiger charge is -2.09. The molecule has 1 aromatic carbocycles. The van der Waals surface area contributed by atoms with Crippen LogP contribution in [0.15, 0.2) is 48.9 Å². The molecule has 0 amide bonds. The molecule has 1 N–H and O–H groups in total. The van der Waals surface area contributed by atoms with Crippen LogP contribution in [0.2, 0.25) is 5.02 Å². The highest BCUT2D eigenvalue weighted by atomic mass is 35.5. The Morgan fingerprint density at radius 1 is 1.07 bits per heavy atom. The first-order chi connectivity index (χ1) is 13.0. The van der Waals surface area contributed by atoms with Crippen molar-refractivity contribution >= 4 is 23.1 Å². The van der Waals surface area contributed by atoms with Gasteiger partial charge in [0.2, 0.25) is 0 Å². The smallest absolute Gasteiger partial charge is 0.148 e. The van der Waals surface area contributed by atoms with Crippen molar-refractivity contribution in [2.45, 2.75) is 13.8 Å². The molecule has 0 saturated carbocycles. The Bertz CT molecular complexity index is 1100. The molecule has 7 nitrogen and oxygen atoms in total. The van der Waals surface area contributed by atoms with Gasteiger partial charge < -0.3 is 5.32 Å². The van der Waals surface area contributed by atoms with E-state index in [2.05, 4.69) is 25.5 Å². The van der Waals surface area contributed by atoms with Gasteiger partial charge in [-0.1, -0.05) is 11.6 Å². The van der Waals surface area contributed by atoms with E-state index in [9.17, 15) is 0 Å². The van der Waals surface area contributed by atoms with Gasteiger partial charge in [0, 0.05) is 36.3 Å². The van der Waals surface area contributed by atoms with Crippen molar-refractivity contribution in [3.05, 3.63) is 65.6 Å². The first-order valence-corrected chi connectivity index (χ1v) is 8.80. The van der Waals surface area contributed by atoms with Crippen molar-refractivity contribution in [1.82, 2.24) is 29.5 Å². The summed E-state index contributed by atoms with van der Waals surface area (Å²) in [6.45, 7) is 3.81. The fourth-order valence-electron chi connectivity index (χ4n) is 2.89. The Morgan fingerprint density at radius 2 is 1.85 bits per heavy atom. The second kappa shape index (κ2) is 6.85. The van der Waals surface area contributed by atoms with Crippen LogP contribution in [0, 0.1) is 13.8 Å². The van der Waals surface area contributed by atoms with Gasteiger partial charge in [-0.05, 0) is 44.2 Å². The lowest BCUT2D eigenvalue weighted by atomic mass is 10.1. The first-order valence-electron chi connectivity index (χ1n) is 8.42. The standard InChI is InChI=1S/C19H18ClN7/c1-12-23-13(2)27(25-12)16-6-4-15(5-7-16)24-19-8-17(18(20)10-21-19)14-9-22-26(3)11-14/h4-11H,1-3H3,(H,21,24). The molecule has 0 unspecified atom stereocenters. The molecule has 0 aliphatic heterocycles. The lowest BCUT2D eigenvalue weighted by molar-refractivity contribution is 0.768. The molecule has 0 bridgehead atoms. The summed E-state index contributed by atoms with van der Waals surface area (Å²) in [5.74, 6) is 2.32. The minimum atomic E-state index is 0.584. The first kappa shape index (κ1) is 17.2. The molecular weight excluding hydrogens is 362 g/mol. The second-order valence-corrected chi connectivity index (χ2v) is 6.65. The van der Waals surface area contributed by atoms with E-state index in [0.29, 0.717) is 10.8 Å². The van der Waals surface area contributed by atoms with Crippen LogP contribution in [0.3, 0.4) is 0 Å². The average Bonchev–Trinajstić information content (AvgIpc) is 3.22. The zero-order valence-electron chi connectivity index (χ0n) is 15.2. The Labute approximate surface area is 161 Å². The van der Waals surface area contributed by atoms with Crippen LogP contribution >= 0.6 is 11.6 Å². The fourth-order valence-corrected chi connectivity index (χ4v) is 3.10. The number of anilines is 2. The maximum Gasteiger partial charge on any atom is 0.148 e. The molecule has 136 valence electrons. The van der Waals surface area contributed by atoms with Gasteiger partial charge in [-0.3, -0.25) is 4.68 Å². The molecule has 0 aliphatic carbocycles. The van der Waals surface area contributed by atoms with Crippen molar-refractivity contribution in [2.24, 2.45) is 7.05 Å². The monoisotopic (exact) mass is 379 g/mol. The molecule has 4 aromatic rings. The molecule has 0 spiro atoms. The zero-order valence-corrected chi connectivity index (χ0v) is 15.9. The lowest BCUT2D eigenvalue weighted by Crippen LogP contribution is -2.00. The number of rotatable bonds is 4. The molecule has 3 heterocycles. The third kappa shape index (κ3) is 3.54. The van der Waals surface area contributed by atoms with Crippen LogP contribution in [0.1, 0.15) is 11.6 Å². The van der Waals surface area contributed by atoms with Crippen LogP contribution < -0.4 is 5.32 Å². The number of aromatic nitrogens is 6. The summed E-state index contributed by atoms with van der Waals surface area (Å²) in [5.41, 5.74) is 3.70. The predicted molar refractivity (Wildman–Crippen MR) is 106 cm³/mol. The highest BCUT2D eigenvalue weighted by Crippen LogP contribution is 2.30. The summed E-state index contributed by atoms with van der Waals surface area (Å²) in [6, 6.07) is 9.85. The fraction of sp³-hybridized carbons (Fsp3) is 0.158. The number of hydrogen-bond donors (Lipinski definition) is 1. The average molecular weight is 380 g/mol. The summed E-state index contributed by atoms with van der Waals surface area (Å²) in [7, 11) is 1.87. The maximum atomic E-state index is 6.31. The number of hydrogen-bond acceptors (Lipinski definition) is 5. The van der Waals surface area contributed by atoms with E-state index in [1.807, 2.05) is 62.1 Å². The Kier molecular flexibility index (Phi) is 4.37. The summed E-state index contributed by atoms with van der Waals surface area (Å²) >= 11 is 6.31. The quantitative estimate of drug-likeness (QED) is 0.578. The van der Waals surface area contributed by atoms with E-state index < -0.39 is 0 Å². The SMILES string of the molecule is Cc1nc(C)n(-c2ccc(Nc3cc(-c4cnn(C)c4)c(Cl)cn3)cc2)n1. The van der Waals surface area contributed by atoms with Gasteiger partial charge in [-0.25, -0.2) is 14.6 Å². The van der Waals surface area contributed by atoms with E-state index in [0.717, 1.165) is 34.2 Å². The summed E-state index contributed by atoms with van der Waals surface area (Å²) in [6.07, 6.45) is 5.34. The van der Waals surface area contributed by atoms with Crippen LogP contribution in [-0.2, 0) is 7.05 Å². The maximum absolute atomic E-state index is 6.31. The van der Waals surface area contributed by atoms with E-state index >= 15 is 0 Å². The van der Waals surface area contributed by atoms with Crippen LogP contribution in [0.4, 0.5) is 11.5 Å². The Balaban J connectivity index is 1.58. The van der Waals surface area contributed by atoms with Crippen LogP contribution in [0.25, 0.3) is 16.8 Å². The zero-order chi connectivity index (χ0) is 19.0. The van der Waals surface area contributed by atoms with E-state index in [1.165, 1.54) is 0 Å². The highest BCUT2D eigenvalue weighted by Gasteiger charge is 2.09. The number of nitrogens with zero attached hydrogens (tertiary/aromatic N) is 6. The third-order valence-corrected chi connectivity index (χ3v) is 4.43. The normalized spacial score (nSPS) is 11.0. The highest BCUT2D eigenvalue weighted by molar-refractivity contribution is 6.33. The molecule has 0 saturated heterocycles. The van der Waals surface area contributed by atoms with Crippen LogP contribution in [-0.4, -0.2) is 29.5 Å².